The number of piperidine rings is 3. The van der Waals surface area contributed by atoms with Gasteiger partial charge in [0.15, 0.2) is 0 Å². The molecule has 4 rings (SSSR count). The molecule has 5 heteroatoms. The summed E-state index contributed by atoms with van der Waals surface area (Å²) in [5, 5.41) is 10.4. The highest BCUT2D eigenvalue weighted by Gasteiger charge is 2.33. The molecule has 0 radical (unpaired) electrons. The molecule has 0 saturated carbocycles. The van der Waals surface area contributed by atoms with Crippen LogP contribution in [-0.4, -0.2) is 52.3 Å². The van der Waals surface area contributed by atoms with Gasteiger partial charge in [0.05, 0.1) is 0 Å². The Kier molecular flexibility index (Phi) is 2.88. The molecule has 3 saturated heterocycles. The molecule has 0 spiro atoms. The molecule has 3 fully saturated rings. The van der Waals surface area contributed by atoms with E-state index in [-0.39, 0.29) is 0 Å². The highest BCUT2D eigenvalue weighted by atomic mass is 15.2. The van der Waals surface area contributed by atoms with Crippen molar-refractivity contribution >= 4 is 0 Å². The van der Waals surface area contributed by atoms with Gasteiger partial charge in [-0.3, -0.25) is 5.10 Å². The van der Waals surface area contributed by atoms with E-state index in [1.165, 1.54) is 32.5 Å². The lowest BCUT2D eigenvalue weighted by atomic mass is 9.84. The van der Waals surface area contributed by atoms with Gasteiger partial charge in [-0.25, -0.2) is 4.98 Å². The van der Waals surface area contributed by atoms with Gasteiger partial charge in [-0.1, -0.05) is 0 Å². The first-order chi connectivity index (χ1) is 7.92. The summed E-state index contributed by atoms with van der Waals surface area (Å²) >= 11 is 0. The van der Waals surface area contributed by atoms with Crippen LogP contribution in [0.2, 0.25) is 0 Å². The first-order valence-corrected chi connectivity index (χ1v) is 6.22. The molecule has 88 valence electrons. The Balaban J connectivity index is 1.45. The van der Waals surface area contributed by atoms with Crippen LogP contribution < -0.4 is 5.32 Å². The van der Waals surface area contributed by atoms with Crippen LogP contribution in [0.1, 0.15) is 18.7 Å². The standard InChI is InChI=1S/C11H19N5/c1(11-13-8-14-15-11)4-12-10-7-16-5-2-9(10)3-6-16/h8-10,12H,1-7H2,(H,13,14,15). The van der Waals surface area contributed by atoms with Gasteiger partial charge in [0, 0.05) is 25.6 Å². The number of rotatable bonds is 4. The van der Waals surface area contributed by atoms with E-state index in [9.17, 15) is 0 Å². The molecule has 0 aromatic carbocycles. The van der Waals surface area contributed by atoms with E-state index in [2.05, 4.69) is 25.4 Å². The lowest BCUT2D eigenvalue weighted by Gasteiger charge is -2.45. The Morgan fingerprint density at radius 3 is 2.94 bits per heavy atom. The summed E-state index contributed by atoms with van der Waals surface area (Å²) in [4.78, 5) is 6.71. The largest absolute Gasteiger partial charge is 0.312 e. The summed E-state index contributed by atoms with van der Waals surface area (Å²) in [6.45, 7) is 4.86. The third-order valence-electron chi connectivity index (χ3n) is 3.89. The average molecular weight is 221 g/mol. The molecule has 16 heavy (non-hydrogen) atoms. The van der Waals surface area contributed by atoms with E-state index >= 15 is 0 Å². The molecule has 3 aliphatic rings. The molecule has 2 N–H and O–H groups in total. The zero-order chi connectivity index (χ0) is 10.8. The number of hydrogen-bond acceptors (Lipinski definition) is 4. The minimum atomic E-state index is 0.699. The molecular weight excluding hydrogens is 202 g/mol. The van der Waals surface area contributed by atoms with Crippen LogP contribution in [-0.2, 0) is 6.42 Å². The van der Waals surface area contributed by atoms with Crippen molar-refractivity contribution in [2.75, 3.05) is 26.2 Å². The van der Waals surface area contributed by atoms with E-state index in [1.54, 1.807) is 6.33 Å². The number of aromatic amines is 1. The number of aromatic nitrogens is 3. The normalized spacial score (nSPS) is 33.1. The molecule has 4 heterocycles. The molecule has 1 unspecified atom stereocenters. The lowest BCUT2D eigenvalue weighted by Crippen LogP contribution is -2.56. The summed E-state index contributed by atoms with van der Waals surface area (Å²) in [5.41, 5.74) is 0. The van der Waals surface area contributed by atoms with Crippen LogP contribution in [0.15, 0.2) is 6.33 Å². The third-order valence-corrected chi connectivity index (χ3v) is 3.89. The van der Waals surface area contributed by atoms with Crippen molar-refractivity contribution in [2.45, 2.75) is 25.3 Å². The number of nitrogens with one attached hydrogen (secondary N) is 2. The van der Waals surface area contributed by atoms with Gasteiger partial charge < -0.3 is 10.2 Å². The highest BCUT2D eigenvalue weighted by molar-refractivity contribution is 4.91. The Bertz CT molecular complexity index is 315. The van der Waals surface area contributed by atoms with Crippen molar-refractivity contribution in [2.24, 2.45) is 5.92 Å². The van der Waals surface area contributed by atoms with Gasteiger partial charge in [0.25, 0.3) is 0 Å². The molecule has 0 amide bonds. The van der Waals surface area contributed by atoms with Gasteiger partial charge >= 0.3 is 0 Å². The quantitative estimate of drug-likeness (QED) is 0.753. The predicted molar refractivity (Wildman–Crippen MR) is 61.0 cm³/mol. The Morgan fingerprint density at radius 2 is 2.31 bits per heavy atom. The van der Waals surface area contributed by atoms with Crippen molar-refractivity contribution in [1.82, 2.24) is 25.4 Å². The maximum absolute atomic E-state index is 4.13. The fourth-order valence-electron chi connectivity index (χ4n) is 2.92. The van der Waals surface area contributed by atoms with E-state index in [1.807, 2.05) is 0 Å². The van der Waals surface area contributed by atoms with Gasteiger partial charge in [0.1, 0.15) is 12.2 Å². The lowest BCUT2D eigenvalue weighted by molar-refractivity contribution is 0.0730. The summed E-state index contributed by atoms with van der Waals surface area (Å²) in [6, 6.07) is 0.699. The third kappa shape index (κ3) is 2.10. The Labute approximate surface area is 95.6 Å². The maximum atomic E-state index is 4.13. The summed E-state index contributed by atoms with van der Waals surface area (Å²) < 4.78 is 0. The molecule has 0 aliphatic carbocycles. The van der Waals surface area contributed by atoms with Gasteiger partial charge in [-0.05, 0) is 31.8 Å². The Hall–Kier alpha value is -0.940. The molecule has 2 bridgehead atoms. The first-order valence-electron chi connectivity index (χ1n) is 6.22. The van der Waals surface area contributed by atoms with Crippen molar-refractivity contribution < 1.29 is 0 Å². The van der Waals surface area contributed by atoms with E-state index in [0.717, 1.165) is 24.7 Å². The average Bonchev–Trinajstić information content (AvgIpc) is 2.84. The Morgan fingerprint density at radius 1 is 1.44 bits per heavy atom. The molecule has 1 aromatic heterocycles. The van der Waals surface area contributed by atoms with E-state index in [0.29, 0.717) is 6.04 Å². The van der Waals surface area contributed by atoms with Gasteiger partial charge in [0.2, 0.25) is 0 Å². The highest BCUT2D eigenvalue weighted by Crippen LogP contribution is 2.27. The first kappa shape index (κ1) is 10.2. The van der Waals surface area contributed by atoms with Crippen molar-refractivity contribution in [3.05, 3.63) is 12.2 Å². The zero-order valence-corrected chi connectivity index (χ0v) is 9.52. The van der Waals surface area contributed by atoms with Crippen molar-refractivity contribution in [3.63, 3.8) is 0 Å². The van der Waals surface area contributed by atoms with Gasteiger partial charge in [-0.2, -0.15) is 5.10 Å². The maximum Gasteiger partial charge on any atom is 0.137 e. The summed E-state index contributed by atoms with van der Waals surface area (Å²) in [7, 11) is 0. The number of nitrogens with zero attached hydrogens (tertiary/aromatic N) is 3. The van der Waals surface area contributed by atoms with Crippen LogP contribution in [0.5, 0.6) is 0 Å². The summed E-state index contributed by atoms with van der Waals surface area (Å²) in [5.74, 6) is 1.88. The van der Waals surface area contributed by atoms with Crippen LogP contribution in [0.4, 0.5) is 0 Å². The fraction of sp³-hybridized carbons (Fsp3) is 0.818. The smallest absolute Gasteiger partial charge is 0.137 e. The second-order valence-electron chi connectivity index (χ2n) is 4.88. The molecule has 5 nitrogen and oxygen atoms in total. The van der Waals surface area contributed by atoms with Crippen molar-refractivity contribution in [3.8, 4) is 0 Å². The van der Waals surface area contributed by atoms with Gasteiger partial charge in [-0.15, -0.1) is 0 Å². The van der Waals surface area contributed by atoms with Crippen LogP contribution >= 0.6 is 0 Å². The monoisotopic (exact) mass is 221 g/mol. The van der Waals surface area contributed by atoms with Crippen LogP contribution in [0.3, 0.4) is 0 Å². The zero-order valence-electron chi connectivity index (χ0n) is 9.52. The molecule has 1 atom stereocenters. The van der Waals surface area contributed by atoms with Crippen molar-refractivity contribution in [1.29, 1.82) is 0 Å². The van der Waals surface area contributed by atoms with E-state index in [4.69, 9.17) is 0 Å². The van der Waals surface area contributed by atoms with Crippen LogP contribution in [0.25, 0.3) is 0 Å². The van der Waals surface area contributed by atoms with E-state index < -0.39 is 0 Å². The predicted octanol–water partition coefficient (Wildman–Crippen LogP) is 0.0310. The number of H-pyrrole nitrogens is 1. The number of fused-ring (bicyclic) bond motifs is 3. The fourth-order valence-corrected chi connectivity index (χ4v) is 2.92. The molecular formula is C11H19N5. The second kappa shape index (κ2) is 4.51. The summed E-state index contributed by atoms with van der Waals surface area (Å²) in [6.07, 6.45) is 5.27. The minimum Gasteiger partial charge on any atom is -0.312 e. The topological polar surface area (TPSA) is 56.8 Å². The van der Waals surface area contributed by atoms with Crippen LogP contribution in [0, 0.1) is 5.92 Å². The molecule has 3 aliphatic heterocycles. The second-order valence-corrected chi connectivity index (χ2v) is 4.88. The molecule has 1 aromatic rings. The SMILES string of the molecule is c1n[nH]c(CCNC2CN3CCC2CC3)n1. The number of hydrogen-bond donors (Lipinski definition) is 2. The minimum absolute atomic E-state index is 0.699.